The minimum Gasteiger partial charge on any atom is -0.497 e. The first-order valence-electron chi connectivity index (χ1n) is 10.1. The smallest absolute Gasteiger partial charge is 0.243 e. The fraction of sp³-hybridized carbons (Fsp3) is 0.261. The number of carbonyl (C=O) groups excluding carboxylic acids is 1. The molecular weight excluding hydrogens is 432 g/mol. The van der Waals surface area contributed by atoms with Gasteiger partial charge in [-0.25, -0.2) is 8.42 Å². The topological polar surface area (TPSA) is 98.1 Å². The van der Waals surface area contributed by atoms with E-state index in [-0.39, 0.29) is 24.5 Å². The van der Waals surface area contributed by atoms with Gasteiger partial charge in [0.15, 0.2) is 0 Å². The Balaban J connectivity index is 1.75. The van der Waals surface area contributed by atoms with E-state index in [1.165, 1.54) is 18.4 Å². The molecule has 1 aromatic heterocycles. The van der Waals surface area contributed by atoms with E-state index in [0.717, 1.165) is 9.87 Å². The van der Waals surface area contributed by atoms with Gasteiger partial charge in [0.05, 0.1) is 38.0 Å². The van der Waals surface area contributed by atoms with E-state index in [9.17, 15) is 13.2 Å². The number of benzene rings is 2. The van der Waals surface area contributed by atoms with Crippen LogP contribution < -0.4 is 14.8 Å². The molecule has 0 aliphatic carbocycles. The van der Waals surface area contributed by atoms with Crippen molar-refractivity contribution >= 4 is 15.9 Å². The molecule has 0 spiro atoms. The molecule has 9 heteroatoms. The number of ether oxygens (including phenoxy) is 2. The molecule has 0 aliphatic rings. The van der Waals surface area contributed by atoms with Crippen molar-refractivity contribution in [2.24, 2.45) is 0 Å². The molecule has 1 amide bonds. The highest BCUT2D eigenvalue weighted by Gasteiger charge is 2.27. The minimum absolute atomic E-state index is 0.0631. The van der Waals surface area contributed by atoms with Crippen LogP contribution in [0.4, 0.5) is 0 Å². The quantitative estimate of drug-likeness (QED) is 0.474. The van der Waals surface area contributed by atoms with E-state index in [0.29, 0.717) is 23.9 Å². The highest BCUT2D eigenvalue weighted by Crippen LogP contribution is 2.21. The van der Waals surface area contributed by atoms with Gasteiger partial charge in [0.25, 0.3) is 0 Å². The molecule has 1 N–H and O–H groups in total. The first kappa shape index (κ1) is 23.4. The van der Waals surface area contributed by atoms with Gasteiger partial charge in [0.1, 0.15) is 17.3 Å². The number of furan rings is 1. The second-order valence-corrected chi connectivity index (χ2v) is 8.82. The Morgan fingerprint density at radius 1 is 1.06 bits per heavy atom. The van der Waals surface area contributed by atoms with Crippen molar-refractivity contribution in [2.45, 2.75) is 24.9 Å². The van der Waals surface area contributed by atoms with E-state index in [2.05, 4.69) is 5.32 Å². The van der Waals surface area contributed by atoms with Crippen LogP contribution in [0, 0.1) is 0 Å². The summed E-state index contributed by atoms with van der Waals surface area (Å²) in [6, 6.07) is 16.7. The van der Waals surface area contributed by atoms with Crippen molar-refractivity contribution in [2.75, 3.05) is 20.3 Å². The second-order valence-electron chi connectivity index (χ2n) is 6.89. The van der Waals surface area contributed by atoms with Gasteiger partial charge in [-0.15, -0.1) is 0 Å². The summed E-state index contributed by atoms with van der Waals surface area (Å²) in [5.41, 5.74) is 0.838. The number of carbonyl (C=O) groups is 1. The van der Waals surface area contributed by atoms with Crippen molar-refractivity contribution in [3.05, 3.63) is 78.3 Å². The molecular formula is C23H26N2O6S. The molecule has 0 aliphatic heterocycles. The van der Waals surface area contributed by atoms with Gasteiger partial charge in [0.2, 0.25) is 15.9 Å². The lowest BCUT2D eigenvalue weighted by Crippen LogP contribution is -2.40. The summed E-state index contributed by atoms with van der Waals surface area (Å²) in [4.78, 5) is 12.7. The van der Waals surface area contributed by atoms with Gasteiger partial charge in [-0.1, -0.05) is 12.1 Å². The van der Waals surface area contributed by atoms with Gasteiger partial charge in [-0.05, 0) is 61.0 Å². The summed E-state index contributed by atoms with van der Waals surface area (Å²) in [5, 5.41) is 2.76. The summed E-state index contributed by atoms with van der Waals surface area (Å²) in [7, 11) is -2.40. The summed E-state index contributed by atoms with van der Waals surface area (Å²) in [5.74, 6) is 1.24. The van der Waals surface area contributed by atoms with Crippen LogP contribution in [0.2, 0.25) is 0 Å². The highest BCUT2D eigenvalue weighted by molar-refractivity contribution is 7.89. The van der Waals surface area contributed by atoms with Gasteiger partial charge < -0.3 is 19.2 Å². The number of amides is 1. The van der Waals surface area contributed by atoms with Crippen LogP contribution >= 0.6 is 0 Å². The lowest BCUT2D eigenvalue weighted by Gasteiger charge is -2.21. The molecule has 0 radical (unpaired) electrons. The van der Waals surface area contributed by atoms with Crippen LogP contribution in [-0.2, 0) is 27.9 Å². The summed E-state index contributed by atoms with van der Waals surface area (Å²) in [6.45, 7) is 2.13. The Hall–Kier alpha value is -3.30. The number of nitrogens with zero attached hydrogens (tertiary/aromatic N) is 1. The number of hydrogen-bond acceptors (Lipinski definition) is 6. The molecule has 0 saturated heterocycles. The molecule has 0 bridgehead atoms. The average molecular weight is 459 g/mol. The Morgan fingerprint density at radius 2 is 1.84 bits per heavy atom. The molecule has 3 aromatic rings. The van der Waals surface area contributed by atoms with E-state index in [1.807, 2.05) is 19.1 Å². The Labute approximate surface area is 187 Å². The maximum atomic E-state index is 13.3. The average Bonchev–Trinajstić information content (AvgIpc) is 3.31. The second kappa shape index (κ2) is 10.8. The molecule has 8 nitrogen and oxygen atoms in total. The molecule has 0 fully saturated rings. The minimum atomic E-state index is -3.96. The van der Waals surface area contributed by atoms with Crippen molar-refractivity contribution in [1.82, 2.24) is 9.62 Å². The van der Waals surface area contributed by atoms with E-state index < -0.39 is 15.9 Å². The Bertz CT molecular complexity index is 1110. The van der Waals surface area contributed by atoms with Crippen LogP contribution in [0.15, 0.2) is 76.2 Å². The molecule has 2 aromatic carbocycles. The molecule has 0 atom stereocenters. The molecule has 0 saturated carbocycles. The first-order valence-corrected chi connectivity index (χ1v) is 11.5. The van der Waals surface area contributed by atoms with Gasteiger partial charge in [0, 0.05) is 6.54 Å². The fourth-order valence-electron chi connectivity index (χ4n) is 3.02. The summed E-state index contributed by atoms with van der Waals surface area (Å²) in [6.07, 6.45) is 1.46. The van der Waals surface area contributed by atoms with Gasteiger partial charge in [-0.2, -0.15) is 4.31 Å². The lowest BCUT2D eigenvalue weighted by molar-refractivity contribution is -0.121. The van der Waals surface area contributed by atoms with E-state index >= 15 is 0 Å². The standard InChI is InChI=1S/C23H26N2O6S/c1-3-30-19-9-11-22(12-10-19)32(27,28)25(16-21-8-5-13-31-21)17-23(26)24-15-18-6-4-7-20(14-18)29-2/h4-14H,3,15-17H2,1-2H3,(H,24,26). The van der Waals surface area contributed by atoms with Crippen LogP contribution in [0.25, 0.3) is 0 Å². The number of sulfonamides is 1. The Morgan fingerprint density at radius 3 is 2.50 bits per heavy atom. The molecule has 3 rings (SSSR count). The zero-order valence-electron chi connectivity index (χ0n) is 18.0. The third-order valence-electron chi connectivity index (χ3n) is 4.63. The highest BCUT2D eigenvalue weighted by atomic mass is 32.2. The fourth-order valence-corrected chi connectivity index (χ4v) is 4.39. The molecule has 170 valence electrons. The van der Waals surface area contributed by atoms with Gasteiger partial charge >= 0.3 is 0 Å². The zero-order valence-corrected chi connectivity index (χ0v) is 18.8. The van der Waals surface area contributed by atoms with Crippen LogP contribution in [0.5, 0.6) is 11.5 Å². The number of hydrogen-bond donors (Lipinski definition) is 1. The van der Waals surface area contributed by atoms with Crippen LogP contribution in [-0.4, -0.2) is 38.9 Å². The molecule has 0 unspecified atom stereocenters. The maximum absolute atomic E-state index is 13.3. The molecule has 32 heavy (non-hydrogen) atoms. The summed E-state index contributed by atoms with van der Waals surface area (Å²) >= 11 is 0. The maximum Gasteiger partial charge on any atom is 0.243 e. The lowest BCUT2D eigenvalue weighted by atomic mass is 10.2. The predicted molar refractivity (Wildman–Crippen MR) is 119 cm³/mol. The molecule has 1 heterocycles. The first-order chi connectivity index (χ1) is 15.4. The van der Waals surface area contributed by atoms with Crippen molar-refractivity contribution < 1.29 is 27.1 Å². The number of methoxy groups -OCH3 is 1. The third-order valence-corrected chi connectivity index (χ3v) is 6.43. The third kappa shape index (κ3) is 6.12. The normalized spacial score (nSPS) is 11.3. The SMILES string of the molecule is CCOc1ccc(S(=O)(=O)N(CC(=O)NCc2cccc(OC)c2)Cc2ccco2)cc1. The largest absolute Gasteiger partial charge is 0.497 e. The zero-order chi connectivity index (χ0) is 23.0. The number of nitrogens with one attached hydrogen (secondary N) is 1. The van der Waals surface area contributed by atoms with E-state index in [1.54, 1.807) is 43.5 Å². The summed E-state index contributed by atoms with van der Waals surface area (Å²) < 4.78 is 43.5. The Kier molecular flexibility index (Phi) is 7.91. The monoisotopic (exact) mass is 458 g/mol. The van der Waals surface area contributed by atoms with Crippen molar-refractivity contribution in [3.63, 3.8) is 0 Å². The van der Waals surface area contributed by atoms with Crippen LogP contribution in [0.1, 0.15) is 18.2 Å². The van der Waals surface area contributed by atoms with Crippen molar-refractivity contribution in [3.8, 4) is 11.5 Å². The number of rotatable bonds is 11. The van der Waals surface area contributed by atoms with Crippen LogP contribution in [0.3, 0.4) is 0 Å². The van der Waals surface area contributed by atoms with Crippen molar-refractivity contribution in [1.29, 1.82) is 0 Å². The van der Waals surface area contributed by atoms with Gasteiger partial charge in [-0.3, -0.25) is 4.79 Å². The van der Waals surface area contributed by atoms with E-state index in [4.69, 9.17) is 13.9 Å². The predicted octanol–water partition coefficient (Wildman–Crippen LogP) is 3.19.